The lowest BCUT2D eigenvalue weighted by molar-refractivity contribution is 0.0526. The molecule has 5 heteroatoms. The molecule has 0 radical (unpaired) electrons. The molecule has 100 valence electrons. The summed E-state index contributed by atoms with van der Waals surface area (Å²) in [7, 11) is 0. The summed E-state index contributed by atoms with van der Waals surface area (Å²) < 4.78 is 10.2. The van der Waals surface area contributed by atoms with Gasteiger partial charge in [-0.25, -0.2) is 4.79 Å². The average Bonchev–Trinajstić information content (AvgIpc) is 2.90. The van der Waals surface area contributed by atoms with Gasteiger partial charge in [0.25, 0.3) is 0 Å². The van der Waals surface area contributed by atoms with Gasteiger partial charge in [0.15, 0.2) is 0 Å². The Morgan fingerprint density at radius 2 is 2.26 bits per heavy atom. The highest BCUT2D eigenvalue weighted by molar-refractivity contribution is 7.98. The molecule has 2 N–H and O–H groups in total. The van der Waals surface area contributed by atoms with E-state index in [0.29, 0.717) is 23.6 Å². The van der Waals surface area contributed by atoms with Crippen LogP contribution in [0.25, 0.3) is 0 Å². The Morgan fingerprint density at radius 3 is 2.89 bits per heavy atom. The highest BCUT2D eigenvalue weighted by Crippen LogP contribution is 2.29. The molecule has 0 atom stereocenters. The van der Waals surface area contributed by atoms with Crippen LogP contribution in [0.3, 0.4) is 0 Å². The van der Waals surface area contributed by atoms with Gasteiger partial charge < -0.3 is 14.9 Å². The number of ether oxygens (including phenoxy) is 1. The fourth-order valence-electron chi connectivity index (χ4n) is 1.56. The van der Waals surface area contributed by atoms with Crippen LogP contribution >= 0.6 is 11.8 Å². The number of hydrogen-bond donors (Lipinski definition) is 1. The zero-order valence-corrected chi connectivity index (χ0v) is 11.4. The van der Waals surface area contributed by atoms with Gasteiger partial charge in [0.1, 0.15) is 5.76 Å². The molecule has 1 heterocycles. The van der Waals surface area contributed by atoms with Crippen molar-refractivity contribution in [2.45, 2.75) is 17.6 Å². The molecule has 0 fully saturated rings. The van der Waals surface area contributed by atoms with Gasteiger partial charge in [-0.3, -0.25) is 0 Å². The number of esters is 1. The van der Waals surface area contributed by atoms with E-state index in [-0.39, 0.29) is 5.97 Å². The summed E-state index contributed by atoms with van der Waals surface area (Å²) in [5, 5.41) is 0. The molecule has 0 spiro atoms. The number of thioether (sulfide) groups is 1. The summed E-state index contributed by atoms with van der Waals surface area (Å²) in [6, 6.07) is 8.95. The number of nitrogens with two attached hydrogens (primary N) is 1. The average molecular weight is 277 g/mol. The molecule has 2 rings (SSSR count). The minimum atomic E-state index is -0.350. The van der Waals surface area contributed by atoms with Crippen LogP contribution in [0.1, 0.15) is 23.0 Å². The van der Waals surface area contributed by atoms with Gasteiger partial charge in [-0.1, -0.05) is 0 Å². The number of carbonyl (C=O) groups excluding carboxylic acids is 1. The van der Waals surface area contributed by atoms with Crippen LogP contribution in [0.2, 0.25) is 0 Å². The van der Waals surface area contributed by atoms with Gasteiger partial charge in [-0.15, -0.1) is 11.8 Å². The summed E-state index contributed by atoms with van der Waals surface area (Å²) in [5.74, 6) is 1.24. The SMILES string of the molecule is CCOC(=O)c1ccc(SCc2ccco2)c(N)c1. The summed E-state index contributed by atoms with van der Waals surface area (Å²) in [6.07, 6.45) is 1.64. The topological polar surface area (TPSA) is 65.5 Å². The maximum absolute atomic E-state index is 11.6. The van der Waals surface area contributed by atoms with Crippen molar-refractivity contribution >= 4 is 23.4 Å². The second-order valence-electron chi connectivity index (χ2n) is 3.84. The van der Waals surface area contributed by atoms with E-state index in [9.17, 15) is 4.79 Å². The lowest BCUT2D eigenvalue weighted by atomic mass is 10.2. The third-order valence-corrected chi connectivity index (χ3v) is 3.58. The van der Waals surface area contributed by atoms with Gasteiger partial charge in [-0.05, 0) is 37.3 Å². The highest BCUT2D eigenvalue weighted by atomic mass is 32.2. The minimum absolute atomic E-state index is 0.350. The van der Waals surface area contributed by atoms with E-state index in [1.54, 1.807) is 37.1 Å². The molecule has 1 aromatic heterocycles. The maximum Gasteiger partial charge on any atom is 0.338 e. The van der Waals surface area contributed by atoms with Crippen LogP contribution in [-0.4, -0.2) is 12.6 Å². The van der Waals surface area contributed by atoms with Crippen LogP contribution in [-0.2, 0) is 10.5 Å². The van der Waals surface area contributed by atoms with E-state index in [2.05, 4.69) is 0 Å². The molecule has 19 heavy (non-hydrogen) atoms. The number of rotatable bonds is 5. The van der Waals surface area contributed by atoms with E-state index >= 15 is 0 Å². The molecule has 0 saturated heterocycles. The molecule has 1 aromatic carbocycles. The molecular weight excluding hydrogens is 262 g/mol. The first-order chi connectivity index (χ1) is 9.20. The van der Waals surface area contributed by atoms with E-state index in [4.69, 9.17) is 14.9 Å². The number of nitrogen functional groups attached to an aromatic ring is 1. The lowest BCUT2D eigenvalue weighted by Crippen LogP contribution is -2.05. The molecule has 2 aromatic rings. The number of benzene rings is 1. The molecule has 0 saturated carbocycles. The second-order valence-corrected chi connectivity index (χ2v) is 4.86. The first-order valence-electron chi connectivity index (χ1n) is 5.92. The van der Waals surface area contributed by atoms with Gasteiger partial charge in [0.05, 0.1) is 24.2 Å². The summed E-state index contributed by atoms with van der Waals surface area (Å²) >= 11 is 1.57. The molecule has 0 unspecified atom stereocenters. The number of anilines is 1. The highest BCUT2D eigenvalue weighted by Gasteiger charge is 2.09. The predicted octanol–water partition coefficient (Wildman–Crippen LogP) is 3.33. The summed E-state index contributed by atoms with van der Waals surface area (Å²) in [6.45, 7) is 2.13. The van der Waals surface area contributed by atoms with Crippen molar-refractivity contribution in [3.63, 3.8) is 0 Å². The Hall–Kier alpha value is -1.88. The van der Waals surface area contributed by atoms with Crippen LogP contribution < -0.4 is 5.73 Å². The van der Waals surface area contributed by atoms with Gasteiger partial charge >= 0.3 is 5.97 Å². The molecule has 0 aliphatic rings. The van der Waals surface area contributed by atoms with Crippen molar-refractivity contribution in [2.75, 3.05) is 12.3 Å². The Balaban J connectivity index is 2.04. The molecule has 4 nitrogen and oxygen atoms in total. The maximum atomic E-state index is 11.6. The smallest absolute Gasteiger partial charge is 0.338 e. The van der Waals surface area contributed by atoms with Crippen LogP contribution in [0.15, 0.2) is 45.9 Å². The zero-order valence-electron chi connectivity index (χ0n) is 10.6. The molecule has 0 amide bonds. The van der Waals surface area contributed by atoms with E-state index in [0.717, 1.165) is 10.7 Å². The Bertz CT molecular complexity index is 552. The Labute approximate surface area is 115 Å². The molecule has 0 aliphatic carbocycles. The van der Waals surface area contributed by atoms with E-state index in [1.807, 2.05) is 18.2 Å². The van der Waals surface area contributed by atoms with Crippen LogP contribution in [0.5, 0.6) is 0 Å². The number of furan rings is 1. The fraction of sp³-hybridized carbons (Fsp3) is 0.214. The number of hydrogen-bond acceptors (Lipinski definition) is 5. The molecule has 0 bridgehead atoms. The van der Waals surface area contributed by atoms with Crippen molar-refractivity contribution in [3.8, 4) is 0 Å². The lowest BCUT2D eigenvalue weighted by Gasteiger charge is -2.07. The Kier molecular flexibility index (Phi) is 4.52. The van der Waals surface area contributed by atoms with Crippen molar-refractivity contribution in [1.29, 1.82) is 0 Å². The van der Waals surface area contributed by atoms with Crippen LogP contribution in [0, 0.1) is 0 Å². The Morgan fingerprint density at radius 1 is 1.42 bits per heavy atom. The zero-order chi connectivity index (χ0) is 13.7. The largest absolute Gasteiger partial charge is 0.468 e. The van der Waals surface area contributed by atoms with Gasteiger partial charge in [-0.2, -0.15) is 0 Å². The van der Waals surface area contributed by atoms with Crippen molar-refractivity contribution in [2.24, 2.45) is 0 Å². The first-order valence-corrected chi connectivity index (χ1v) is 6.91. The molecule has 0 aliphatic heterocycles. The fourth-order valence-corrected chi connectivity index (χ4v) is 2.42. The third kappa shape index (κ3) is 3.54. The van der Waals surface area contributed by atoms with E-state index in [1.165, 1.54) is 0 Å². The monoisotopic (exact) mass is 277 g/mol. The van der Waals surface area contributed by atoms with Crippen molar-refractivity contribution in [1.82, 2.24) is 0 Å². The van der Waals surface area contributed by atoms with Crippen LogP contribution in [0.4, 0.5) is 5.69 Å². The second kappa shape index (κ2) is 6.33. The first kappa shape index (κ1) is 13.5. The summed E-state index contributed by atoms with van der Waals surface area (Å²) in [4.78, 5) is 12.5. The normalized spacial score (nSPS) is 10.4. The predicted molar refractivity (Wildman–Crippen MR) is 75.1 cm³/mol. The molecular formula is C14H15NO3S. The summed E-state index contributed by atoms with van der Waals surface area (Å²) in [5.41, 5.74) is 6.98. The third-order valence-electron chi connectivity index (χ3n) is 2.47. The quantitative estimate of drug-likeness (QED) is 0.516. The van der Waals surface area contributed by atoms with Gasteiger partial charge in [0, 0.05) is 10.6 Å². The number of carbonyl (C=O) groups is 1. The van der Waals surface area contributed by atoms with Gasteiger partial charge in [0.2, 0.25) is 0 Å². The van der Waals surface area contributed by atoms with Crippen molar-refractivity contribution < 1.29 is 13.9 Å². The standard InChI is InChI=1S/C14H15NO3S/c1-2-17-14(16)10-5-6-13(12(15)8-10)19-9-11-4-3-7-18-11/h3-8H,2,9,15H2,1H3. The minimum Gasteiger partial charge on any atom is -0.468 e. The van der Waals surface area contributed by atoms with Crippen molar-refractivity contribution in [3.05, 3.63) is 47.9 Å². The van der Waals surface area contributed by atoms with E-state index < -0.39 is 0 Å².